The van der Waals surface area contributed by atoms with Gasteiger partial charge >= 0.3 is 0 Å². The Kier molecular flexibility index (Phi) is 7.19. The fourth-order valence-corrected chi connectivity index (χ4v) is 3.67. The first kappa shape index (κ1) is 20.8. The van der Waals surface area contributed by atoms with Gasteiger partial charge in [-0.25, -0.2) is 4.98 Å². The van der Waals surface area contributed by atoms with Crippen molar-refractivity contribution in [2.75, 3.05) is 24.7 Å². The normalized spacial score (nSPS) is 10.6. The molecular weight excluding hydrogens is 412 g/mol. The van der Waals surface area contributed by atoms with Crippen LogP contribution in [0.2, 0.25) is 0 Å². The molecule has 152 valence electrons. The molecule has 0 aliphatic carbocycles. The third-order valence-corrected chi connectivity index (χ3v) is 5.63. The van der Waals surface area contributed by atoms with E-state index in [2.05, 4.69) is 25.8 Å². The minimum Gasteiger partial charge on any atom is -0.497 e. The van der Waals surface area contributed by atoms with Crippen LogP contribution in [0.25, 0.3) is 0 Å². The summed E-state index contributed by atoms with van der Waals surface area (Å²) < 4.78 is 6.90. The van der Waals surface area contributed by atoms with Crippen LogP contribution in [-0.4, -0.2) is 51.0 Å². The van der Waals surface area contributed by atoms with Crippen LogP contribution in [0.4, 0.5) is 5.13 Å². The van der Waals surface area contributed by atoms with E-state index in [1.54, 1.807) is 43.0 Å². The largest absolute Gasteiger partial charge is 0.497 e. The van der Waals surface area contributed by atoms with Gasteiger partial charge in [-0.05, 0) is 24.3 Å². The highest BCUT2D eigenvalue weighted by Crippen LogP contribution is 2.17. The molecule has 2 aromatic heterocycles. The third-order valence-electron chi connectivity index (χ3n) is 3.92. The molecule has 2 amide bonds. The summed E-state index contributed by atoms with van der Waals surface area (Å²) in [7, 11) is 3.41. The summed E-state index contributed by atoms with van der Waals surface area (Å²) in [6.45, 7) is 0.423. The molecule has 0 spiro atoms. The Morgan fingerprint density at radius 2 is 2.03 bits per heavy atom. The van der Waals surface area contributed by atoms with Crippen molar-refractivity contribution in [1.29, 1.82) is 0 Å². The number of benzene rings is 1. The Hall–Kier alpha value is -2.92. The second-order valence-corrected chi connectivity index (χ2v) is 7.70. The lowest BCUT2D eigenvalue weighted by Crippen LogP contribution is -2.26. The monoisotopic (exact) mass is 432 g/mol. The number of methoxy groups -OCH3 is 1. The number of nitrogens with one attached hydrogen (secondary N) is 2. The molecule has 0 atom stereocenters. The standard InChI is InChI=1S/C18H20N6O3S2/c1-24-14(7-8-19-16(26)12-3-5-13(27-2)6-4-12)22-23-18(24)29-11-15(25)21-17-20-9-10-28-17/h3-6,9-10H,7-8,11H2,1-2H3,(H,19,26)(H,20,21,25). The SMILES string of the molecule is COc1ccc(C(=O)NCCc2nnc(SCC(=O)Nc3nccs3)n2C)cc1. The lowest BCUT2D eigenvalue weighted by molar-refractivity contribution is -0.113. The van der Waals surface area contributed by atoms with Crippen LogP contribution in [0.5, 0.6) is 5.75 Å². The average molecular weight is 433 g/mol. The number of hydrogen-bond acceptors (Lipinski definition) is 8. The molecule has 9 nitrogen and oxygen atoms in total. The molecule has 0 saturated heterocycles. The molecule has 0 aliphatic rings. The molecule has 11 heteroatoms. The number of aromatic nitrogens is 4. The van der Waals surface area contributed by atoms with Crippen molar-refractivity contribution in [3.8, 4) is 5.75 Å². The van der Waals surface area contributed by atoms with Crippen LogP contribution in [0.1, 0.15) is 16.2 Å². The molecule has 2 heterocycles. The first-order valence-electron chi connectivity index (χ1n) is 8.69. The predicted octanol–water partition coefficient (Wildman–Crippen LogP) is 1.98. The smallest absolute Gasteiger partial charge is 0.251 e. The van der Waals surface area contributed by atoms with Crippen LogP contribution in [0.3, 0.4) is 0 Å². The maximum absolute atomic E-state index is 12.2. The Balaban J connectivity index is 1.45. The number of anilines is 1. The molecule has 0 aliphatic heterocycles. The number of carbonyl (C=O) groups is 2. The quantitative estimate of drug-likeness (QED) is 0.497. The van der Waals surface area contributed by atoms with Gasteiger partial charge in [0.05, 0.1) is 12.9 Å². The Labute approximate surface area is 175 Å². The van der Waals surface area contributed by atoms with Gasteiger partial charge in [0.1, 0.15) is 11.6 Å². The second-order valence-electron chi connectivity index (χ2n) is 5.87. The Bertz CT molecular complexity index is 957. The number of hydrogen-bond donors (Lipinski definition) is 2. The van der Waals surface area contributed by atoms with Crippen molar-refractivity contribution in [3.63, 3.8) is 0 Å². The minimum absolute atomic E-state index is 0.152. The summed E-state index contributed by atoms with van der Waals surface area (Å²) >= 11 is 2.66. The van der Waals surface area contributed by atoms with E-state index in [-0.39, 0.29) is 17.6 Å². The lowest BCUT2D eigenvalue weighted by atomic mass is 10.2. The zero-order valence-electron chi connectivity index (χ0n) is 15.9. The van der Waals surface area contributed by atoms with E-state index in [9.17, 15) is 9.59 Å². The van der Waals surface area contributed by atoms with Gasteiger partial charge in [0, 0.05) is 37.2 Å². The fraction of sp³-hybridized carbons (Fsp3) is 0.278. The van der Waals surface area contributed by atoms with Crippen molar-refractivity contribution >= 4 is 40.0 Å². The van der Waals surface area contributed by atoms with Gasteiger partial charge in [-0.1, -0.05) is 11.8 Å². The number of thioether (sulfide) groups is 1. The van der Waals surface area contributed by atoms with Crippen LogP contribution in [-0.2, 0) is 18.3 Å². The van der Waals surface area contributed by atoms with Crippen molar-refractivity contribution in [2.45, 2.75) is 11.6 Å². The first-order chi connectivity index (χ1) is 14.1. The predicted molar refractivity (Wildman–Crippen MR) is 112 cm³/mol. The number of rotatable bonds is 9. The van der Waals surface area contributed by atoms with Gasteiger partial charge in [-0.3, -0.25) is 9.59 Å². The van der Waals surface area contributed by atoms with Crippen LogP contribution >= 0.6 is 23.1 Å². The summed E-state index contributed by atoms with van der Waals surface area (Å²) in [6.07, 6.45) is 2.16. The van der Waals surface area contributed by atoms with E-state index >= 15 is 0 Å². The van der Waals surface area contributed by atoms with E-state index in [0.717, 1.165) is 5.82 Å². The Morgan fingerprint density at radius 3 is 2.72 bits per heavy atom. The van der Waals surface area contributed by atoms with E-state index in [1.807, 2.05) is 11.6 Å². The van der Waals surface area contributed by atoms with Crippen molar-refractivity contribution in [2.24, 2.45) is 7.05 Å². The molecule has 1 aromatic carbocycles. The van der Waals surface area contributed by atoms with Gasteiger partial charge < -0.3 is 19.9 Å². The van der Waals surface area contributed by atoms with Gasteiger partial charge in [0.25, 0.3) is 5.91 Å². The minimum atomic E-state index is -0.164. The highest BCUT2D eigenvalue weighted by Gasteiger charge is 2.13. The third kappa shape index (κ3) is 5.78. The molecule has 3 aromatic rings. The number of nitrogens with zero attached hydrogens (tertiary/aromatic N) is 4. The van der Waals surface area contributed by atoms with Crippen LogP contribution in [0, 0.1) is 0 Å². The summed E-state index contributed by atoms with van der Waals surface area (Å²) in [4.78, 5) is 28.1. The van der Waals surface area contributed by atoms with E-state index in [1.165, 1.54) is 23.1 Å². The van der Waals surface area contributed by atoms with Crippen molar-refractivity contribution < 1.29 is 14.3 Å². The van der Waals surface area contributed by atoms with Gasteiger partial charge in [0.15, 0.2) is 10.3 Å². The lowest BCUT2D eigenvalue weighted by Gasteiger charge is -2.07. The summed E-state index contributed by atoms with van der Waals surface area (Å²) in [5.41, 5.74) is 0.561. The molecule has 29 heavy (non-hydrogen) atoms. The molecule has 3 rings (SSSR count). The highest BCUT2D eigenvalue weighted by atomic mass is 32.2. The molecule has 0 saturated carbocycles. The molecule has 0 unspecified atom stereocenters. The van der Waals surface area contributed by atoms with Gasteiger partial charge in [-0.15, -0.1) is 21.5 Å². The number of amides is 2. The van der Waals surface area contributed by atoms with E-state index in [4.69, 9.17) is 4.74 Å². The number of thiazole rings is 1. The van der Waals surface area contributed by atoms with Crippen molar-refractivity contribution in [3.05, 3.63) is 47.2 Å². The maximum atomic E-state index is 12.2. The summed E-state index contributed by atoms with van der Waals surface area (Å²) in [6, 6.07) is 6.90. The average Bonchev–Trinajstić information content (AvgIpc) is 3.36. The zero-order chi connectivity index (χ0) is 20.6. The second kappa shape index (κ2) is 10.0. The van der Waals surface area contributed by atoms with Crippen molar-refractivity contribution in [1.82, 2.24) is 25.1 Å². The molecule has 2 N–H and O–H groups in total. The topological polar surface area (TPSA) is 111 Å². The highest BCUT2D eigenvalue weighted by molar-refractivity contribution is 7.99. The molecular formula is C18H20N6O3S2. The summed E-state index contributed by atoms with van der Waals surface area (Å²) in [5, 5.41) is 16.8. The molecule has 0 fully saturated rings. The fourth-order valence-electron chi connectivity index (χ4n) is 2.39. The van der Waals surface area contributed by atoms with Crippen LogP contribution < -0.4 is 15.4 Å². The molecule has 0 bridgehead atoms. The van der Waals surface area contributed by atoms with E-state index in [0.29, 0.717) is 34.6 Å². The zero-order valence-corrected chi connectivity index (χ0v) is 17.5. The number of ether oxygens (including phenoxy) is 1. The van der Waals surface area contributed by atoms with Crippen LogP contribution in [0.15, 0.2) is 41.0 Å². The van der Waals surface area contributed by atoms with Gasteiger partial charge in [0.2, 0.25) is 5.91 Å². The molecule has 0 radical (unpaired) electrons. The first-order valence-corrected chi connectivity index (χ1v) is 10.6. The van der Waals surface area contributed by atoms with E-state index < -0.39 is 0 Å². The maximum Gasteiger partial charge on any atom is 0.251 e. The number of carbonyl (C=O) groups excluding carboxylic acids is 2. The summed E-state index contributed by atoms with van der Waals surface area (Å²) in [5.74, 6) is 1.32. The van der Waals surface area contributed by atoms with Gasteiger partial charge in [-0.2, -0.15) is 0 Å². The Morgan fingerprint density at radius 1 is 1.24 bits per heavy atom.